The summed E-state index contributed by atoms with van der Waals surface area (Å²) in [6, 6.07) is 4.89. The zero-order valence-corrected chi connectivity index (χ0v) is 17.4. The van der Waals surface area contributed by atoms with Crippen LogP contribution in [-0.4, -0.2) is 24.0 Å². The molecule has 1 aromatic carbocycles. The Hall–Kier alpha value is -2.30. The Balaban J connectivity index is 1.84. The van der Waals surface area contributed by atoms with Crippen molar-refractivity contribution in [1.29, 1.82) is 0 Å². The number of nitrogens with two attached hydrogens (primary N) is 1. The van der Waals surface area contributed by atoms with E-state index in [0.717, 1.165) is 28.4 Å². The number of hydrogen-bond acceptors (Lipinski definition) is 6. The molecule has 0 amide bonds. The molecule has 3 aromatic rings. The molecule has 2 aromatic heterocycles. The van der Waals surface area contributed by atoms with Crippen LogP contribution in [0.4, 0.5) is 0 Å². The number of rotatable bonds is 5. The summed E-state index contributed by atoms with van der Waals surface area (Å²) >= 11 is 1.50. The quantitative estimate of drug-likeness (QED) is 0.603. The Morgan fingerprint density at radius 2 is 2.04 bits per heavy atom. The lowest BCUT2D eigenvalue weighted by atomic mass is 10.2. The smallest absolute Gasteiger partial charge is 0.332 e. The van der Waals surface area contributed by atoms with Gasteiger partial charge in [0.2, 0.25) is 0 Å². The fourth-order valence-corrected chi connectivity index (χ4v) is 5.19. The van der Waals surface area contributed by atoms with E-state index in [4.69, 9.17) is 5.84 Å². The van der Waals surface area contributed by atoms with Gasteiger partial charge in [-0.25, -0.2) is 18.7 Å². The van der Waals surface area contributed by atoms with Gasteiger partial charge in [0.15, 0.2) is 0 Å². The SMILES string of the molecule is Cc1nc(C)c(Cn2c(=O)n(N)c(=O)c3cc(S(=O)NC4(C)CC4)ccc32)s1. The summed E-state index contributed by atoms with van der Waals surface area (Å²) in [4.78, 5) is 31.0. The molecular formula is C18H21N5O3S2. The summed E-state index contributed by atoms with van der Waals surface area (Å²) in [5.74, 6) is 5.75. The van der Waals surface area contributed by atoms with E-state index < -0.39 is 22.2 Å². The second-order valence-corrected chi connectivity index (χ2v) is 9.90. The first-order valence-corrected chi connectivity index (χ1v) is 10.8. The third kappa shape index (κ3) is 3.31. The zero-order valence-electron chi connectivity index (χ0n) is 15.8. The minimum atomic E-state index is -1.45. The number of benzene rings is 1. The lowest BCUT2D eigenvalue weighted by Gasteiger charge is -2.14. The second-order valence-electron chi connectivity index (χ2n) is 7.40. The minimum Gasteiger partial charge on any atom is -0.332 e. The molecule has 0 bridgehead atoms. The predicted molar refractivity (Wildman–Crippen MR) is 110 cm³/mol. The summed E-state index contributed by atoms with van der Waals surface area (Å²) in [5, 5.41) is 1.16. The van der Waals surface area contributed by atoms with Crippen molar-refractivity contribution in [1.82, 2.24) is 18.9 Å². The Morgan fingerprint density at radius 3 is 2.64 bits per heavy atom. The van der Waals surface area contributed by atoms with E-state index >= 15 is 0 Å². The van der Waals surface area contributed by atoms with Crippen LogP contribution in [0.15, 0.2) is 32.7 Å². The van der Waals surface area contributed by atoms with Gasteiger partial charge in [-0.3, -0.25) is 9.36 Å². The van der Waals surface area contributed by atoms with Crippen LogP contribution in [0.2, 0.25) is 0 Å². The van der Waals surface area contributed by atoms with Crippen molar-refractivity contribution in [2.24, 2.45) is 0 Å². The molecule has 1 saturated carbocycles. The minimum absolute atomic E-state index is 0.117. The number of aryl methyl sites for hydroxylation is 2. The van der Waals surface area contributed by atoms with E-state index in [1.165, 1.54) is 15.9 Å². The van der Waals surface area contributed by atoms with Crippen molar-refractivity contribution >= 4 is 33.2 Å². The maximum absolute atomic E-state index is 12.7. The summed E-state index contributed by atoms with van der Waals surface area (Å²) < 4.78 is 17.8. The van der Waals surface area contributed by atoms with Crippen LogP contribution in [0.3, 0.4) is 0 Å². The summed E-state index contributed by atoms with van der Waals surface area (Å²) in [6.07, 6.45) is 1.93. The largest absolute Gasteiger partial charge is 0.350 e. The molecule has 0 aliphatic heterocycles. The topological polar surface area (TPSA) is 112 Å². The van der Waals surface area contributed by atoms with Gasteiger partial charge >= 0.3 is 5.69 Å². The zero-order chi connectivity index (χ0) is 20.2. The van der Waals surface area contributed by atoms with Gasteiger partial charge in [0.05, 0.1) is 33.0 Å². The number of nitrogens with one attached hydrogen (secondary N) is 1. The van der Waals surface area contributed by atoms with Crippen LogP contribution in [-0.2, 0) is 17.5 Å². The van der Waals surface area contributed by atoms with Crippen LogP contribution in [0.1, 0.15) is 35.3 Å². The average molecular weight is 420 g/mol. The lowest BCUT2D eigenvalue weighted by molar-refractivity contribution is 0.634. The van der Waals surface area contributed by atoms with E-state index in [0.29, 0.717) is 15.1 Å². The highest BCUT2D eigenvalue weighted by molar-refractivity contribution is 7.83. The van der Waals surface area contributed by atoms with Gasteiger partial charge in [-0.05, 0) is 51.8 Å². The summed E-state index contributed by atoms with van der Waals surface area (Å²) in [6.45, 7) is 6.07. The highest BCUT2D eigenvalue weighted by Crippen LogP contribution is 2.35. The maximum Gasteiger partial charge on any atom is 0.350 e. The van der Waals surface area contributed by atoms with E-state index in [9.17, 15) is 13.8 Å². The molecule has 1 aliphatic carbocycles. The van der Waals surface area contributed by atoms with Gasteiger partial charge in [0.1, 0.15) is 11.0 Å². The number of fused-ring (bicyclic) bond motifs is 1. The third-order valence-corrected chi connectivity index (χ3v) is 7.42. The Morgan fingerprint density at radius 1 is 1.32 bits per heavy atom. The van der Waals surface area contributed by atoms with E-state index in [-0.39, 0.29) is 17.5 Å². The molecule has 1 aliphatic rings. The van der Waals surface area contributed by atoms with Crippen molar-refractivity contribution in [3.63, 3.8) is 0 Å². The number of aromatic nitrogens is 3. The lowest BCUT2D eigenvalue weighted by Crippen LogP contribution is -2.44. The van der Waals surface area contributed by atoms with Gasteiger partial charge in [0.25, 0.3) is 5.56 Å². The standard InChI is InChI=1S/C18H21N5O3S2/c1-10-15(27-11(2)20-10)9-22-14-5-4-12(28(26)21-18(3)6-7-18)8-13(14)16(24)23(19)17(22)25/h4-5,8,21H,6-7,9,19H2,1-3H3. The molecule has 3 N–H and O–H groups in total. The van der Waals surface area contributed by atoms with E-state index in [1.54, 1.807) is 18.2 Å². The number of nitrogens with zero attached hydrogens (tertiary/aromatic N) is 3. The first-order chi connectivity index (χ1) is 13.2. The number of hydrogen-bond donors (Lipinski definition) is 2. The Labute approximate surface area is 167 Å². The number of thiazole rings is 1. The van der Waals surface area contributed by atoms with E-state index in [2.05, 4.69) is 9.71 Å². The molecule has 0 spiro atoms. The highest BCUT2D eigenvalue weighted by atomic mass is 32.2. The van der Waals surface area contributed by atoms with Crippen LogP contribution in [0.5, 0.6) is 0 Å². The molecule has 10 heteroatoms. The molecule has 4 rings (SSSR count). The molecule has 0 saturated heterocycles. The molecule has 1 fully saturated rings. The molecule has 8 nitrogen and oxygen atoms in total. The van der Waals surface area contributed by atoms with E-state index in [1.807, 2.05) is 20.8 Å². The van der Waals surface area contributed by atoms with Crippen LogP contribution in [0, 0.1) is 13.8 Å². The monoisotopic (exact) mass is 419 g/mol. The van der Waals surface area contributed by atoms with Crippen molar-refractivity contribution in [3.05, 3.63) is 54.6 Å². The number of nitrogen functional groups attached to an aromatic ring is 1. The first kappa shape index (κ1) is 19.0. The summed E-state index contributed by atoms with van der Waals surface area (Å²) in [5.41, 5.74) is -0.0170. The van der Waals surface area contributed by atoms with Crippen molar-refractivity contribution in [2.75, 3.05) is 5.84 Å². The highest BCUT2D eigenvalue weighted by Gasteiger charge is 2.38. The maximum atomic E-state index is 12.7. The van der Waals surface area contributed by atoms with Crippen molar-refractivity contribution in [2.45, 2.75) is 50.6 Å². The van der Waals surface area contributed by atoms with Gasteiger partial charge in [-0.1, -0.05) is 0 Å². The molecular weight excluding hydrogens is 398 g/mol. The van der Waals surface area contributed by atoms with Gasteiger partial charge in [-0.15, -0.1) is 11.3 Å². The molecule has 1 unspecified atom stereocenters. The fourth-order valence-electron chi connectivity index (χ4n) is 3.08. The van der Waals surface area contributed by atoms with Gasteiger partial charge < -0.3 is 5.84 Å². The van der Waals surface area contributed by atoms with Crippen molar-refractivity contribution in [3.8, 4) is 0 Å². The molecule has 148 valence electrons. The normalized spacial score (nSPS) is 16.4. The molecule has 0 radical (unpaired) electrons. The Kier molecular flexibility index (Phi) is 4.52. The third-order valence-electron chi connectivity index (χ3n) is 5.00. The first-order valence-electron chi connectivity index (χ1n) is 8.86. The fraction of sp³-hybridized carbons (Fsp3) is 0.389. The van der Waals surface area contributed by atoms with Gasteiger partial charge in [0, 0.05) is 10.4 Å². The second kappa shape index (κ2) is 6.64. The Bertz CT molecular complexity index is 1240. The van der Waals surface area contributed by atoms with Gasteiger partial charge in [-0.2, -0.15) is 4.68 Å². The van der Waals surface area contributed by atoms with Crippen LogP contribution < -0.4 is 21.8 Å². The molecule has 2 heterocycles. The average Bonchev–Trinajstić information content (AvgIpc) is 3.28. The van der Waals surface area contributed by atoms with Crippen LogP contribution >= 0.6 is 11.3 Å². The van der Waals surface area contributed by atoms with Crippen molar-refractivity contribution < 1.29 is 4.21 Å². The molecule has 1 atom stereocenters. The predicted octanol–water partition coefficient (Wildman–Crippen LogP) is 1.16. The molecule has 28 heavy (non-hydrogen) atoms. The van der Waals surface area contributed by atoms with Crippen LogP contribution in [0.25, 0.3) is 10.9 Å². The summed E-state index contributed by atoms with van der Waals surface area (Å²) in [7, 11) is -1.45.